The smallest absolute Gasteiger partial charge is 0.276 e. The largest absolute Gasteiger partial charge is 0.489 e. The summed E-state index contributed by atoms with van der Waals surface area (Å²) in [6, 6.07) is 29.8. The second kappa shape index (κ2) is 8.80. The van der Waals surface area contributed by atoms with Gasteiger partial charge in [0.1, 0.15) is 12.4 Å². The zero-order valence-electron chi connectivity index (χ0n) is 16.1. The molecule has 0 aliphatic carbocycles. The Kier molecular flexibility index (Phi) is 5.77. The maximum Gasteiger partial charge on any atom is 0.276 e. The molecule has 4 aromatic rings. The van der Waals surface area contributed by atoms with Gasteiger partial charge in [-0.05, 0) is 58.3 Å². The highest BCUT2D eigenvalue weighted by atomic mass is 32.2. The minimum absolute atomic E-state index is 0.166. The van der Waals surface area contributed by atoms with E-state index in [1.54, 1.807) is 18.2 Å². The van der Waals surface area contributed by atoms with Crippen LogP contribution in [0.4, 0.5) is 0 Å². The van der Waals surface area contributed by atoms with Gasteiger partial charge >= 0.3 is 0 Å². The first-order chi connectivity index (χ1) is 14.6. The molecule has 5 nitrogen and oxygen atoms in total. The summed E-state index contributed by atoms with van der Waals surface area (Å²) < 4.78 is 30.2. The van der Waals surface area contributed by atoms with Crippen LogP contribution in [0.5, 0.6) is 5.75 Å². The number of fused-ring (bicyclic) bond motifs is 1. The van der Waals surface area contributed by atoms with E-state index in [4.69, 9.17) is 4.74 Å². The first-order valence-corrected chi connectivity index (χ1v) is 10.9. The molecule has 0 saturated carbocycles. The van der Waals surface area contributed by atoms with Gasteiger partial charge in [-0.2, -0.15) is 13.5 Å². The van der Waals surface area contributed by atoms with Crippen molar-refractivity contribution in [2.24, 2.45) is 5.10 Å². The van der Waals surface area contributed by atoms with Gasteiger partial charge in [-0.15, -0.1) is 0 Å². The lowest BCUT2D eigenvalue weighted by atomic mass is 10.1. The van der Waals surface area contributed by atoms with Crippen molar-refractivity contribution in [1.82, 2.24) is 4.83 Å². The van der Waals surface area contributed by atoms with Crippen LogP contribution < -0.4 is 9.57 Å². The Morgan fingerprint density at radius 3 is 2.30 bits per heavy atom. The number of rotatable bonds is 7. The standard InChI is InChI=1S/C24H20N2O3S/c27-30(28,23-10-2-1-3-11-23)26-25-17-19-13-15-22(16-14-19)29-18-21-9-6-8-20-7-4-5-12-24(20)21/h1-17,26H,18H2/b25-17-. The lowest BCUT2D eigenvalue weighted by Gasteiger charge is -2.09. The Hall–Kier alpha value is -3.64. The molecule has 0 aliphatic heterocycles. The van der Waals surface area contributed by atoms with E-state index in [9.17, 15) is 8.42 Å². The van der Waals surface area contributed by atoms with Gasteiger partial charge < -0.3 is 4.74 Å². The zero-order chi connectivity index (χ0) is 20.8. The van der Waals surface area contributed by atoms with Crippen molar-refractivity contribution in [2.45, 2.75) is 11.5 Å². The molecule has 0 aromatic heterocycles. The molecule has 4 aromatic carbocycles. The van der Waals surface area contributed by atoms with Crippen molar-refractivity contribution >= 4 is 27.0 Å². The maximum absolute atomic E-state index is 12.1. The minimum atomic E-state index is -3.67. The van der Waals surface area contributed by atoms with Gasteiger partial charge in [0.05, 0.1) is 11.1 Å². The number of ether oxygens (including phenoxy) is 1. The Bertz CT molecular complexity index is 1260. The molecule has 0 spiro atoms. The quantitative estimate of drug-likeness (QED) is 0.350. The minimum Gasteiger partial charge on any atom is -0.489 e. The van der Waals surface area contributed by atoms with E-state index < -0.39 is 10.0 Å². The number of hydrogen-bond donors (Lipinski definition) is 1. The van der Waals surface area contributed by atoms with Gasteiger partial charge in [0, 0.05) is 0 Å². The monoisotopic (exact) mass is 416 g/mol. The summed E-state index contributed by atoms with van der Waals surface area (Å²) in [5, 5.41) is 6.20. The van der Waals surface area contributed by atoms with Crippen LogP contribution in [0.2, 0.25) is 0 Å². The van der Waals surface area contributed by atoms with Crippen molar-refractivity contribution in [3.8, 4) is 5.75 Å². The van der Waals surface area contributed by atoms with Crippen molar-refractivity contribution < 1.29 is 13.2 Å². The normalized spacial score (nSPS) is 11.6. The lowest BCUT2D eigenvalue weighted by molar-refractivity contribution is 0.307. The molecule has 30 heavy (non-hydrogen) atoms. The van der Waals surface area contributed by atoms with E-state index in [0.717, 1.165) is 16.9 Å². The summed E-state index contributed by atoms with van der Waals surface area (Å²) in [5.41, 5.74) is 1.87. The maximum atomic E-state index is 12.1. The molecule has 6 heteroatoms. The van der Waals surface area contributed by atoms with Gasteiger partial charge in [-0.3, -0.25) is 0 Å². The van der Waals surface area contributed by atoms with Crippen molar-refractivity contribution in [1.29, 1.82) is 0 Å². The van der Waals surface area contributed by atoms with E-state index in [-0.39, 0.29) is 4.90 Å². The van der Waals surface area contributed by atoms with Crippen molar-refractivity contribution in [2.75, 3.05) is 0 Å². The Balaban J connectivity index is 1.38. The van der Waals surface area contributed by atoms with E-state index in [1.807, 2.05) is 42.5 Å². The molecular weight excluding hydrogens is 396 g/mol. The molecule has 0 bridgehead atoms. The molecule has 0 fully saturated rings. The van der Waals surface area contributed by atoms with Crippen LogP contribution in [0.1, 0.15) is 11.1 Å². The summed E-state index contributed by atoms with van der Waals surface area (Å²) in [7, 11) is -3.67. The third-order valence-corrected chi connectivity index (χ3v) is 5.83. The third kappa shape index (κ3) is 4.67. The van der Waals surface area contributed by atoms with E-state index >= 15 is 0 Å². The highest BCUT2D eigenvalue weighted by Crippen LogP contribution is 2.21. The van der Waals surface area contributed by atoms with Crippen LogP contribution in [-0.4, -0.2) is 14.6 Å². The summed E-state index contributed by atoms with van der Waals surface area (Å²) in [5.74, 6) is 0.727. The average molecular weight is 417 g/mol. The van der Waals surface area contributed by atoms with Crippen LogP contribution >= 0.6 is 0 Å². The highest BCUT2D eigenvalue weighted by Gasteiger charge is 2.11. The van der Waals surface area contributed by atoms with Crippen LogP contribution in [0.3, 0.4) is 0 Å². The van der Waals surface area contributed by atoms with Crippen LogP contribution in [0.15, 0.2) is 107 Å². The van der Waals surface area contributed by atoms with Gasteiger partial charge in [-0.25, -0.2) is 4.83 Å². The second-order valence-electron chi connectivity index (χ2n) is 6.66. The van der Waals surface area contributed by atoms with Crippen LogP contribution in [-0.2, 0) is 16.6 Å². The molecule has 0 atom stereocenters. The average Bonchev–Trinajstić information content (AvgIpc) is 2.79. The van der Waals surface area contributed by atoms with Gasteiger partial charge in [0.15, 0.2) is 0 Å². The van der Waals surface area contributed by atoms with Crippen molar-refractivity contribution in [3.63, 3.8) is 0 Å². The number of sulfonamides is 1. The molecule has 1 N–H and O–H groups in total. The van der Waals surface area contributed by atoms with Crippen molar-refractivity contribution in [3.05, 3.63) is 108 Å². The fraction of sp³-hybridized carbons (Fsp3) is 0.0417. The molecule has 150 valence electrons. The summed E-state index contributed by atoms with van der Waals surface area (Å²) in [6.45, 7) is 0.464. The second-order valence-corrected chi connectivity index (χ2v) is 8.32. The Morgan fingerprint density at radius 1 is 0.800 bits per heavy atom. The zero-order valence-corrected chi connectivity index (χ0v) is 16.9. The molecule has 0 radical (unpaired) electrons. The van der Waals surface area contributed by atoms with Gasteiger partial charge in [0.25, 0.3) is 10.0 Å². The highest BCUT2D eigenvalue weighted by molar-refractivity contribution is 7.89. The number of nitrogens with one attached hydrogen (secondary N) is 1. The lowest BCUT2D eigenvalue weighted by Crippen LogP contribution is -2.18. The number of benzene rings is 4. The third-order valence-electron chi connectivity index (χ3n) is 4.59. The Morgan fingerprint density at radius 2 is 1.50 bits per heavy atom. The van der Waals surface area contributed by atoms with Gasteiger partial charge in [0.2, 0.25) is 0 Å². The topological polar surface area (TPSA) is 67.8 Å². The number of nitrogens with zero attached hydrogens (tertiary/aromatic N) is 1. The summed E-state index contributed by atoms with van der Waals surface area (Å²) in [4.78, 5) is 2.38. The predicted octanol–water partition coefficient (Wildman–Crippen LogP) is 4.73. The number of hydrogen-bond acceptors (Lipinski definition) is 4. The van der Waals surface area contributed by atoms with Crippen LogP contribution in [0, 0.1) is 0 Å². The molecule has 0 aliphatic rings. The fourth-order valence-corrected chi connectivity index (χ4v) is 3.86. The predicted molar refractivity (Wildman–Crippen MR) is 119 cm³/mol. The SMILES string of the molecule is O=S(=O)(N/N=C\c1ccc(OCc2cccc3ccccc23)cc1)c1ccccc1. The summed E-state index contributed by atoms with van der Waals surface area (Å²) >= 11 is 0. The Labute approximate surface area is 175 Å². The molecule has 4 rings (SSSR count). The van der Waals surface area contributed by atoms with Crippen LogP contribution in [0.25, 0.3) is 10.8 Å². The molecule has 0 saturated heterocycles. The molecule has 0 amide bonds. The number of hydrazone groups is 1. The molecule has 0 unspecified atom stereocenters. The molecular formula is C24H20N2O3S. The van der Waals surface area contributed by atoms with E-state index in [1.165, 1.54) is 29.1 Å². The first-order valence-electron chi connectivity index (χ1n) is 9.41. The fourth-order valence-electron chi connectivity index (χ4n) is 3.05. The van der Waals surface area contributed by atoms with E-state index in [0.29, 0.717) is 6.61 Å². The van der Waals surface area contributed by atoms with E-state index in [2.05, 4.69) is 34.2 Å². The molecule has 0 heterocycles. The van der Waals surface area contributed by atoms with Gasteiger partial charge in [-0.1, -0.05) is 60.7 Å². The summed E-state index contributed by atoms with van der Waals surface area (Å²) in [6.07, 6.45) is 1.45. The first kappa shape index (κ1) is 19.7.